The predicted molar refractivity (Wildman–Crippen MR) is 82.3 cm³/mol. The molecule has 0 aliphatic heterocycles. The fourth-order valence-corrected chi connectivity index (χ4v) is 3.48. The first-order valence-electron chi connectivity index (χ1n) is 6.86. The van der Waals surface area contributed by atoms with E-state index in [1.165, 1.54) is 21.4 Å². The van der Waals surface area contributed by atoms with E-state index in [0.29, 0.717) is 18.0 Å². The van der Waals surface area contributed by atoms with Crippen molar-refractivity contribution in [2.24, 2.45) is 5.92 Å². The number of hydrogen-bond acceptors (Lipinski definition) is 2. The molecule has 2 heteroatoms. The molecule has 0 spiro atoms. The lowest BCUT2D eigenvalue weighted by Crippen LogP contribution is -2.34. The van der Waals surface area contributed by atoms with Gasteiger partial charge in [0.1, 0.15) is 0 Å². The van der Waals surface area contributed by atoms with Gasteiger partial charge in [0.15, 0.2) is 0 Å². The number of benzene rings is 1. The smallest absolute Gasteiger partial charge is 0.0388 e. The van der Waals surface area contributed by atoms with Crippen molar-refractivity contribution < 1.29 is 0 Å². The van der Waals surface area contributed by atoms with Gasteiger partial charge in [-0.3, -0.25) is 0 Å². The van der Waals surface area contributed by atoms with Crippen LogP contribution in [-0.2, 0) is 0 Å². The average Bonchev–Trinajstić information content (AvgIpc) is 2.79. The Morgan fingerprint density at radius 1 is 1.17 bits per heavy atom. The number of hydrogen-bond donors (Lipinski definition) is 1. The van der Waals surface area contributed by atoms with Gasteiger partial charge in [0.25, 0.3) is 0 Å². The predicted octanol–water partition coefficient (Wildman–Crippen LogP) is 4.99. The van der Waals surface area contributed by atoms with Crippen molar-refractivity contribution in [1.29, 1.82) is 0 Å². The maximum Gasteiger partial charge on any atom is 0.0388 e. The van der Waals surface area contributed by atoms with Gasteiger partial charge in [-0.15, -0.1) is 11.3 Å². The summed E-state index contributed by atoms with van der Waals surface area (Å²) in [6.45, 7) is 9.11. The fraction of sp³-hybridized carbons (Fsp3) is 0.500. The Hall–Kier alpha value is -0.860. The molecule has 1 heterocycles. The van der Waals surface area contributed by atoms with Crippen LogP contribution < -0.4 is 5.32 Å². The van der Waals surface area contributed by atoms with Crippen molar-refractivity contribution in [1.82, 2.24) is 5.32 Å². The Bertz CT molecular complexity index is 468. The normalized spacial score (nSPS) is 15.2. The van der Waals surface area contributed by atoms with E-state index in [0.717, 1.165) is 0 Å². The maximum atomic E-state index is 3.75. The van der Waals surface area contributed by atoms with Crippen LogP contribution in [0.3, 0.4) is 0 Å². The summed E-state index contributed by atoms with van der Waals surface area (Å²) in [7, 11) is 0. The van der Waals surface area contributed by atoms with Gasteiger partial charge >= 0.3 is 0 Å². The van der Waals surface area contributed by atoms with Crippen LogP contribution in [-0.4, -0.2) is 6.04 Å². The molecule has 0 radical (unpaired) electrons. The van der Waals surface area contributed by atoms with E-state index >= 15 is 0 Å². The zero-order chi connectivity index (χ0) is 13.1. The molecule has 1 aromatic heterocycles. The zero-order valence-electron chi connectivity index (χ0n) is 11.7. The molecule has 1 nitrogen and oxygen atoms in total. The molecule has 0 amide bonds. The minimum atomic E-state index is 0.440. The average molecular weight is 261 g/mol. The molecule has 0 aliphatic carbocycles. The molecule has 0 saturated heterocycles. The Morgan fingerprint density at radius 2 is 1.89 bits per heavy atom. The van der Waals surface area contributed by atoms with Crippen LogP contribution in [0, 0.1) is 5.92 Å². The van der Waals surface area contributed by atoms with Crippen LogP contribution in [0.5, 0.6) is 0 Å². The second kappa shape index (κ2) is 5.85. The quantitative estimate of drug-likeness (QED) is 0.800. The largest absolute Gasteiger partial charge is 0.306 e. The van der Waals surface area contributed by atoms with Crippen LogP contribution in [0.4, 0.5) is 0 Å². The van der Waals surface area contributed by atoms with E-state index < -0.39 is 0 Å². The number of nitrogens with one attached hydrogen (secondary N) is 1. The van der Waals surface area contributed by atoms with E-state index in [2.05, 4.69) is 63.3 Å². The van der Waals surface area contributed by atoms with Gasteiger partial charge in [0.2, 0.25) is 0 Å². The third kappa shape index (κ3) is 2.93. The van der Waals surface area contributed by atoms with Gasteiger partial charge < -0.3 is 5.32 Å². The fourth-order valence-electron chi connectivity index (χ4n) is 2.40. The monoisotopic (exact) mass is 261 g/mol. The van der Waals surface area contributed by atoms with Crippen LogP contribution in [0.2, 0.25) is 0 Å². The lowest BCUT2D eigenvalue weighted by atomic mass is 10.0. The molecule has 2 aromatic rings. The van der Waals surface area contributed by atoms with Crippen molar-refractivity contribution in [2.45, 2.75) is 46.2 Å². The third-order valence-corrected chi connectivity index (χ3v) is 4.88. The Labute approximate surface area is 114 Å². The first-order chi connectivity index (χ1) is 8.61. The van der Waals surface area contributed by atoms with Crippen LogP contribution >= 0.6 is 11.3 Å². The molecule has 98 valence electrons. The van der Waals surface area contributed by atoms with Gasteiger partial charge in [0.05, 0.1) is 0 Å². The molecule has 0 saturated carbocycles. The summed E-state index contributed by atoms with van der Waals surface area (Å²) in [6.07, 6.45) is 1.19. The molecular formula is C16H23NS. The highest BCUT2D eigenvalue weighted by Gasteiger charge is 2.16. The van der Waals surface area contributed by atoms with Crippen molar-refractivity contribution in [3.05, 3.63) is 35.2 Å². The first kappa shape index (κ1) is 13.6. The van der Waals surface area contributed by atoms with Crippen LogP contribution in [0.1, 0.15) is 45.0 Å². The summed E-state index contributed by atoms with van der Waals surface area (Å²) >= 11 is 1.91. The molecule has 1 aromatic carbocycles. The van der Waals surface area contributed by atoms with E-state index in [1.807, 2.05) is 11.3 Å². The molecule has 0 bridgehead atoms. The molecule has 2 atom stereocenters. The first-order valence-corrected chi connectivity index (χ1v) is 7.68. The Kier molecular flexibility index (Phi) is 4.41. The summed E-state index contributed by atoms with van der Waals surface area (Å²) < 4.78 is 1.39. The molecule has 2 unspecified atom stereocenters. The van der Waals surface area contributed by atoms with Crippen molar-refractivity contribution in [3.8, 4) is 0 Å². The van der Waals surface area contributed by atoms with Crippen molar-refractivity contribution >= 4 is 21.4 Å². The topological polar surface area (TPSA) is 12.0 Å². The highest BCUT2D eigenvalue weighted by atomic mass is 32.1. The van der Waals surface area contributed by atoms with Crippen molar-refractivity contribution in [2.75, 3.05) is 0 Å². The number of thiophene rings is 1. The van der Waals surface area contributed by atoms with Crippen LogP contribution in [0.25, 0.3) is 10.1 Å². The number of fused-ring (bicyclic) bond motifs is 1. The molecule has 1 N–H and O–H groups in total. The second-order valence-corrected chi connectivity index (χ2v) is 6.45. The van der Waals surface area contributed by atoms with Crippen molar-refractivity contribution in [3.63, 3.8) is 0 Å². The summed E-state index contributed by atoms with van der Waals surface area (Å²) in [4.78, 5) is 1.44. The molecule has 0 fully saturated rings. The van der Waals surface area contributed by atoms with Crippen LogP contribution in [0.15, 0.2) is 30.3 Å². The maximum absolute atomic E-state index is 3.75. The second-order valence-electron chi connectivity index (χ2n) is 5.33. The summed E-state index contributed by atoms with van der Waals surface area (Å²) in [6, 6.07) is 12.0. The molecular weight excluding hydrogens is 238 g/mol. The van der Waals surface area contributed by atoms with Gasteiger partial charge in [-0.25, -0.2) is 0 Å². The minimum Gasteiger partial charge on any atom is -0.306 e. The molecule has 18 heavy (non-hydrogen) atoms. The Morgan fingerprint density at radius 3 is 2.50 bits per heavy atom. The van der Waals surface area contributed by atoms with E-state index in [9.17, 15) is 0 Å². The van der Waals surface area contributed by atoms with Gasteiger partial charge in [-0.05, 0) is 36.8 Å². The minimum absolute atomic E-state index is 0.440. The van der Waals surface area contributed by atoms with Gasteiger partial charge in [-0.2, -0.15) is 0 Å². The van der Waals surface area contributed by atoms with Gasteiger partial charge in [-0.1, -0.05) is 39.0 Å². The third-order valence-electron chi connectivity index (χ3n) is 3.58. The number of rotatable bonds is 5. The molecule has 2 rings (SSSR count). The standard InChI is InChI=1S/C16H23NS/c1-5-14(11(2)3)17-12(4)16-10-13-8-6-7-9-15(13)18-16/h6-12,14,17H,5H2,1-4H3. The summed E-state index contributed by atoms with van der Waals surface area (Å²) in [5.41, 5.74) is 0. The van der Waals surface area contributed by atoms with Gasteiger partial charge in [0, 0.05) is 21.7 Å². The Balaban J connectivity index is 2.15. The van der Waals surface area contributed by atoms with E-state index in [1.54, 1.807) is 0 Å². The summed E-state index contributed by atoms with van der Waals surface area (Å²) in [5, 5.41) is 5.12. The highest BCUT2D eigenvalue weighted by Crippen LogP contribution is 2.30. The van der Waals surface area contributed by atoms with E-state index in [-0.39, 0.29) is 0 Å². The highest BCUT2D eigenvalue weighted by molar-refractivity contribution is 7.19. The molecule has 0 aliphatic rings. The SMILES string of the molecule is CCC(NC(C)c1cc2ccccc2s1)C(C)C. The zero-order valence-corrected chi connectivity index (χ0v) is 12.6. The summed E-state index contributed by atoms with van der Waals surface area (Å²) in [5.74, 6) is 0.687. The lowest BCUT2D eigenvalue weighted by molar-refractivity contribution is 0.358. The van der Waals surface area contributed by atoms with E-state index in [4.69, 9.17) is 0 Å². The lowest BCUT2D eigenvalue weighted by Gasteiger charge is -2.24.